The summed E-state index contributed by atoms with van der Waals surface area (Å²) in [6, 6.07) is 0. The first kappa shape index (κ1) is 14.4. The van der Waals surface area contributed by atoms with Gasteiger partial charge in [-0.3, -0.25) is 0 Å². The topological polar surface area (TPSA) is 25.8 Å². The van der Waals surface area contributed by atoms with Crippen LogP contribution in [-0.4, -0.2) is 22.0 Å². The van der Waals surface area contributed by atoms with Gasteiger partial charge in [-0.05, 0) is 24.1 Å². The van der Waals surface area contributed by atoms with Gasteiger partial charge in [0, 0.05) is 0 Å². The molecule has 1 heterocycles. The minimum absolute atomic E-state index is 0. The van der Waals surface area contributed by atoms with Crippen LogP contribution in [0, 0.1) is 6.92 Å². The molecule has 0 saturated carbocycles. The minimum atomic E-state index is -4.72. The molecule has 1 rings (SSSR count). The molecular weight excluding hydrogens is 247 g/mol. The van der Waals surface area contributed by atoms with E-state index in [4.69, 9.17) is 0 Å². The Morgan fingerprint density at radius 1 is 1.46 bits per heavy atom. The third-order valence-corrected chi connectivity index (χ3v) is 2.97. The van der Waals surface area contributed by atoms with Crippen LogP contribution in [0.1, 0.15) is 5.82 Å². The Labute approximate surface area is 125 Å². The number of hydrogen-bond donors (Lipinski definition) is 0. The molecule has 0 N–H and O–H groups in total. The van der Waals surface area contributed by atoms with Crippen LogP contribution in [0.2, 0.25) is 0 Å². The van der Waals surface area contributed by atoms with Crippen molar-refractivity contribution in [2.75, 3.05) is 5.65 Å². The van der Waals surface area contributed by atoms with Crippen LogP contribution in [0.25, 0.3) is 0 Å². The Morgan fingerprint density at radius 2 is 2.08 bits per heavy atom. The Balaban J connectivity index is 0.00000144. The van der Waals surface area contributed by atoms with Crippen molar-refractivity contribution in [2.45, 2.75) is 11.3 Å². The van der Waals surface area contributed by atoms with E-state index in [-0.39, 0.29) is 51.4 Å². The van der Waals surface area contributed by atoms with Gasteiger partial charge < -0.3 is 12.9 Å². The summed E-state index contributed by atoms with van der Waals surface area (Å²) in [5, 5.41) is 0. The van der Waals surface area contributed by atoms with E-state index in [1.165, 1.54) is 0 Å². The van der Waals surface area contributed by atoms with E-state index < -0.39 is 12.6 Å². The van der Waals surface area contributed by atoms with Gasteiger partial charge in [0.1, 0.15) is 5.82 Å². The standard InChI is InChI=1S/C4H5BF3N2S2.K/c1-3-9-4(12-10-3)11-2-5(6,7)8;/h2H2,1H3;/q-1;+1. The number of thioether (sulfide) groups is 1. The monoisotopic (exact) mass is 252 g/mol. The van der Waals surface area contributed by atoms with Gasteiger partial charge >= 0.3 is 58.4 Å². The molecule has 13 heavy (non-hydrogen) atoms. The van der Waals surface area contributed by atoms with Gasteiger partial charge in [0.25, 0.3) is 0 Å². The van der Waals surface area contributed by atoms with E-state index in [9.17, 15) is 12.9 Å². The molecule has 0 fully saturated rings. The van der Waals surface area contributed by atoms with Crippen LogP contribution < -0.4 is 51.4 Å². The van der Waals surface area contributed by atoms with Gasteiger partial charge in [0.05, 0.1) is 0 Å². The zero-order valence-electron chi connectivity index (χ0n) is 7.13. The second kappa shape index (κ2) is 6.09. The van der Waals surface area contributed by atoms with Gasteiger partial charge in [-0.25, -0.2) is 4.98 Å². The fraction of sp³-hybridized carbons (Fsp3) is 0.500. The van der Waals surface area contributed by atoms with Crippen LogP contribution in [0.3, 0.4) is 0 Å². The van der Waals surface area contributed by atoms with E-state index in [1.807, 2.05) is 0 Å². The van der Waals surface area contributed by atoms with Crippen molar-refractivity contribution in [1.29, 1.82) is 0 Å². The molecule has 0 aromatic carbocycles. The summed E-state index contributed by atoms with van der Waals surface area (Å²) in [6.45, 7) is -3.06. The molecule has 2 nitrogen and oxygen atoms in total. The van der Waals surface area contributed by atoms with Gasteiger partial charge in [-0.15, -0.1) is 11.8 Å². The Bertz CT molecular complexity index is 266. The van der Waals surface area contributed by atoms with E-state index in [2.05, 4.69) is 9.36 Å². The molecular formula is C4H5BF3KN2S2. The molecule has 0 spiro atoms. The van der Waals surface area contributed by atoms with E-state index in [1.54, 1.807) is 6.92 Å². The molecule has 1 aromatic rings. The molecule has 68 valence electrons. The SMILES string of the molecule is Cc1nsc(SC[B-](F)(F)F)n1.[K+]. The Hall–Kier alpha value is 1.40. The zero-order chi connectivity index (χ0) is 9.19. The molecule has 0 aliphatic heterocycles. The van der Waals surface area contributed by atoms with Crippen LogP contribution in [-0.2, 0) is 0 Å². The van der Waals surface area contributed by atoms with Crippen molar-refractivity contribution in [3.63, 3.8) is 0 Å². The summed E-state index contributed by atoms with van der Waals surface area (Å²) in [7, 11) is 0. The van der Waals surface area contributed by atoms with Crippen molar-refractivity contribution in [3.8, 4) is 0 Å². The first-order chi connectivity index (χ1) is 5.47. The molecule has 0 amide bonds. The van der Waals surface area contributed by atoms with Crippen LogP contribution in [0.15, 0.2) is 4.34 Å². The molecule has 0 atom stereocenters. The summed E-state index contributed by atoms with van der Waals surface area (Å²) in [5.74, 6) is 0.525. The van der Waals surface area contributed by atoms with Crippen LogP contribution >= 0.6 is 23.3 Å². The molecule has 0 aliphatic rings. The van der Waals surface area contributed by atoms with Crippen LogP contribution in [0.5, 0.6) is 0 Å². The smallest absolute Gasteiger partial charge is 0.448 e. The maximum Gasteiger partial charge on any atom is 1.00 e. The van der Waals surface area contributed by atoms with Crippen LogP contribution in [0.4, 0.5) is 12.9 Å². The number of rotatable bonds is 3. The average molecular weight is 252 g/mol. The fourth-order valence-corrected chi connectivity index (χ4v) is 1.98. The first-order valence-corrected chi connectivity index (χ1v) is 4.87. The number of hydrogen-bond acceptors (Lipinski definition) is 4. The van der Waals surface area contributed by atoms with Crippen molar-refractivity contribution in [1.82, 2.24) is 9.36 Å². The fourth-order valence-electron chi connectivity index (χ4n) is 0.502. The third-order valence-electron chi connectivity index (χ3n) is 0.905. The van der Waals surface area contributed by atoms with Crippen molar-refractivity contribution < 1.29 is 64.3 Å². The van der Waals surface area contributed by atoms with E-state index >= 15 is 0 Å². The Morgan fingerprint density at radius 3 is 2.46 bits per heavy atom. The largest absolute Gasteiger partial charge is 1.00 e. The third kappa shape index (κ3) is 6.48. The second-order valence-electron chi connectivity index (χ2n) is 2.13. The zero-order valence-corrected chi connectivity index (χ0v) is 11.9. The van der Waals surface area contributed by atoms with Gasteiger partial charge in [-0.1, -0.05) is 0 Å². The summed E-state index contributed by atoms with van der Waals surface area (Å²) >= 11 is 1.70. The predicted octanol–water partition coefficient (Wildman–Crippen LogP) is -0.671. The molecule has 0 unspecified atom stereocenters. The maximum atomic E-state index is 11.7. The van der Waals surface area contributed by atoms with Gasteiger partial charge in [-0.2, -0.15) is 4.37 Å². The van der Waals surface area contributed by atoms with E-state index in [0.717, 1.165) is 11.5 Å². The predicted molar refractivity (Wildman–Crippen MR) is 44.4 cm³/mol. The van der Waals surface area contributed by atoms with E-state index in [0.29, 0.717) is 21.9 Å². The molecule has 0 bridgehead atoms. The van der Waals surface area contributed by atoms with Crippen molar-refractivity contribution >= 4 is 30.3 Å². The first-order valence-electron chi connectivity index (χ1n) is 3.11. The van der Waals surface area contributed by atoms with Gasteiger partial charge in [0.2, 0.25) is 0 Å². The minimum Gasteiger partial charge on any atom is -0.448 e. The quantitative estimate of drug-likeness (QED) is 0.527. The van der Waals surface area contributed by atoms with Crippen molar-refractivity contribution in [2.24, 2.45) is 0 Å². The van der Waals surface area contributed by atoms with Gasteiger partial charge in [0.15, 0.2) is 4.34 Å². The molecule has 0 radical (unpaired) electrons. The average Bonchev–Trinajstić information content (AvgIpc) is 2.30. The summed E-state index contributed by atoms with van der Waals surface area (Å²) < 4.78 is 39.4. The summed E-state index contributed by atoms with van der Waals surface area (Å²) in [6.07, 6.45) is 0. The number of aromatic nitrogens is 2. The van der Waals surface area contributed by atoms with Crippen molar-refractivity contribution in [3.05, 3.63) is 5.82 Å². The molecule has 1 aromatic heterocycles. The molecule has 0 saturated heterocycles. The maximum absolute atomic E-state index is 11.7. The summed E-state index contributed by atoms with van der Waals surface area (Å²) in [5.41, 5.74) is -0.839. The Kier molecular flexibility index (Phi) is 6.74. The number of aryl methyl sites for hydroxylation is 1. The molecule has 9 heteroatoms. The normalized spacial score (nSPS) is 11.1. The molecule has 0 aliphatic carbocycles. The number of nitrogens with zero attached hydrogens (tertiary/aromatic N) is 2. The second-order valence-corrected chi connectivity index (χ2v) is 4.15. The number of halogens is 3. The summed E-state index contributed by atoms with van der Waals surface area (Å²) in [4.78, 5) is 3.79.